The Bertz CT molecular complexity index is 605. The predicted octanol–water partition coefficient (Wildman–Crippen LogP) is 4.87. The van der Waals surface area contributed by atoms with Crippen LogP contribution in [0.5, 0.6) is 0 Å². The van der Waals surface area contributed by atoms with Crippen molar-refractivity contribution < 1.29 is 9.53 Å². The third kappa shape index (κ3) is 3.27. The Labute approximate surface area is 131 Å². The lowest BCUT2D eigenvalue weighted by Crippen LogP contribution is -2.06. The molecule has 1 heterocycles. The molecule has 0 bridgehead atoms. The third-order valence-corrected chi connectivity index (χ3v) is 4.38. The molecule has 106 valence electrons. The van der Waals surface area contributed by atoms with E-state index in [0.29, 0.717) is 11.5 Å². The van der Waals surface area contributed by atoms with Crippen molar-refractivity contribution in [1.29, 1.82) is 0 Å². The van der Waals surface area contributed by atoms with Crippen molar-refractivity contribution in [3.63, 3.8) is 0 Å². The summed E-state index contributed by atoms with van der Waals surface area (Å²) >= 11 is 4.81. The normalized spacial score (nSPS) is 10.8. The molecule has 0 unspecified atom stereocenters. The summed E-state index contributed by atoms with van der Waals surface area (Å²) in [5, 5.41) is 0.851. The van der Waals surface area contributed by atoms with Gasteiger partial charge in [-0.1, -0.05) is 41.9 Å². The zero-order chi connectivity index (χ0) is 14.7. The van der Waals surface area contributed by atoms with E-state index >= 15 is 0 Å². The molecule has 1 aromatic heterocycles. The maximum absolute atomic E-state index is 12.0. The van der Waals surface area contributed by atoms with Gasteiger partial charge in [-0.2, -0.15) is 0 Å². The van der Waals surface area contributed by atoms with Gasteiger partial charge in [0.05, 0.1) is 12.3 Å². The molecule has 0 aliphatic carbocycles. The van der Waals surface area contributed by atoms with Crippen LogP contribution in [-0.2, 0) is 4.74 Å². The maximum atomic E-state index is 12.0. The standard InChI is InChI=1S/C15H16BrNO2S/c1-4-19-15(18)13-12(9(2)3)17-14(20-13)10-5-7-11(16)8-6-10/h5-9H,4H2,1-3H3. The number of aromatic nitrogens is 1. The number of nitrogens with zero attached hydrogens (tertiary/aromatic N) is 1. The number of carbonyl (C=O) groups is 1. The first-order valence-electron chi connectivity index (χ1n) is 6.46. The average Bonchev–Trinajstić information content (AvgIpc) is 2.85. The van der Waals surface area contributed by atoms with Crippen LogP contribution in [0.3, 0.4) is 0 Å². The molecule has 3 nitrogen and oxygen atoms in total. The summed E-state index contributed by atoms with van der Waals surface area (Å²) in [5.74, 6) is -0.0908. The Kier molecular flexibility index (Phi) is 4.94. The van der Waals surface area contributed by atoms with Crippen LogP contribution in [0.15, 0.2) is 28.7 Å². The molecule has 0 aliphatic rings. The van der Waals surface area contributed by atoms with Gasteiger partial charge in [0.25, 0.3) is 0 Å². The fourth-order valence-electron chi connectivity index (χ4n) is 1.78. The van der Waals surface area contributed by atoms with Crippen molar-refractivity contribution in [2.24, 2.45) is 0 Å². The smallest absolute Gasteiger partial charge is 0.350 e. The van der Waals surface area contributed by atoms with Gasteiger partial charge in [0.2, 0.25) is 0 Å². The molecule has 0 saturated carbocycles. The molecule has 2 rings (SSSR count). The molecule has 0 N–H and O–H groups in total. The van der Waals surface area contributed by atoms with E-state index in [9.17, 15) is 4.79 Å². The summed E-state index contributed by atoms with van der Waals surface area (Å²) in [7, 11) is 0. The highest BCUT2D eigenvalue weighted by Crippen LogP contribution is 2.32. The summed E-state index contributed by atoms with van der Waals surface area (Å²) < 4.78 is 6.13. The van der Waals surface area contributed by atoms with Crippen LogP contribution in [0.1, 0.15) is 42.1 Å². The van der Waals surface area contributed by atoms with Gasteiger partial charge >= 0.3 is 5.97 Å². The highest BCUT2D eigenvalue weighted by molar-refractivity contribution is 9.10. The van der Waals surface area contributed by atoms with Crippen molar-refractivity contribution in [1.82, 2.24) is 4.98 Å². The second-order valence-corrected chi connectivity index (χ2v) is 6.53. The molecule has 0 radical (unpaired) electrons. The number of thiazole rings is 1. The molecule has 0 atom stereocenters. The third-order valence-electron chi connectivity index (χ3n) is 2.75. The van der Waals surface area contributed by atoms with E-state index < -0.39 is 0 Å². The van der Waals surface area contributed by atoms with Gasteiger partial charge in [0.1, 0.15) is 9.88 Å². The maximum Gasteiger partial charge on any atom is 0.350 e. The van der Waals surface area contributed by atoms with Crippen molar-refractivity contribution in [3.8, 4) is 10.6 Å². The van der Waals surface area contributed by atoms with E-state index in [-0.39, 0.29) is 11.9 Å². The minimum atomic E-state index is -0.280. The van der Waals surface area contributed by atoms with Gasteiger partial charge in [-0.05, 0) is 25.0 Å². The van der Waals surface area contributed by atoms with Crippen LogP contribution in [0.25, 0.3) is 10.6 Å². The number of ether oxygens (including phenoxy) is 1. The lowest BCUT2D eigenvalue weighted by Gasteiger charge is -2.04. The molecular weight excluding hydrogens is 338 g/mol. The van der Waals surface area contributed by atoms with Gasteiger partial charge in [0.15, 0.2) is 0 Å². The second-order valence-electron chi connectivity index (χ2n) is 4.62. The van der Waals surface area contributed by atoms with Gasteiger partial charge < -0.3 is 4.74 Å². The average molecular weight is 354 g/mol. The highest BCUT2D eigenvalue weighted by Gasteiger charge is 2.21. The zero-order valence-electron chi connectivity index (χ0n) is 11.6. The van der Waals surface area contributed by atoms with Crippen molar-refractivity contribution >= 4 is 33.2 Å². The number of carbonyl (C=O) groups excluding carboxylic acids is 1. The Hall–Kier alpha value is -1.20. The largest absolute Gasteiger partial charge is 0.462 e. The SMILES string of the molecule is CCOC(=O)c1sc(-c2ccc(Br)cc2)nc1C(C)C. The highest BCUT2D eigenvalue weighted by atomic mass is 79.9. The summed E-state index contributed by atoms with van der Waals surface area (Å²) in [6.07, 6.45) is 0. The van der Waals surface area contributed by atoms with Gasteiger partial charge in [-0.15, -0.1) is 11.3 Å². The van der Waals surface area contributed by atoms with Crippen LogP contribution in [0, 0.1) is 0 Å². The minimum absolute atomic E-state index is 0.190. The Balaban J connectivity index is 2.43. The number of benzene rings is 1. The summed E-state index contributed by atoms with van der Waals surface area (Å²) in [4.78, 5) is 17.2. The second kappa shape index (κ2) is 6.50. The molecule has 0 aliphatic heterocycles. The van der Waals surface area contributed by atoms with Crippen LogP contribution in [0.4, 0.5) is 0 Å². The van der Waals surface area contributed by atoms with E-state index in [2.05, 4.69) is 20.9 Å². The van der Waals surface area contributed by atoms with E-state index in [1.165, 1.54) is 11.3 Å². The van der Waals surface area contributed by atoms with E-state index in [1.54, 1.807) is 0 Å². The van der Waals surface area contributed by atoms with Crippen LogP contribution in [-0.4, -0.2) is 17.6 Å². The van der Waals surface area contributed by atoms with Gasteiger partial charge in [0, 0.05) is 10.0 Å². The Morgan fingerprint density at radius 3 is 2.55 bits per heavy atom. The van der Waals surface area contributed by atoms with E-state index in [1.807, 2.05) is 45.0 Å². The summed E-state index contributed by atoms with van der Waals surface area (Å²) in [5.41, 5.74) is 1.82. The Morgan fingerprint density at radius 2 is 2.00 bits per heavy atom. The number of halogens is 1. The lowest BCUT2D eigenvalue weighted by atomic mass is 10.1. The van der Waals surface area contributed by atoms with Gasteiger partial charge in [-0.3, -0.25) is 0 Å². The summed E-state index contributed by atoms with van der Waals surface area (Å²) in [6, 6.07) is 7.91. The number of rotatable bonds is 4. The van der Waals surface area contributed by atoms with Crippen LogP contribution >= 0.6 is 27.3 Å². The first-order valence-corrected chi connectivity index (χ1v) is 8.07. The van der Waals surface area contributed by atoms with Crippen molar-refractivity contribution in [3.05, 3.63) is 39.3 Å². The topological polar surface area (TPSA) is 39.2 Å². The van der Waals surface area contributed by atoms with E-state index in [4.69, 9.17) is 4.74 Å². The monoisotopic (exact) mass is 353 g/mol. The molecule has 20 heavy (non-hydrogen) atoms. The molecule has 0 saturated heterocycles. The first kappa shape index (κ1) is 15.2. The minimum Gasteiger partial charge on any atom is -0.462 e. The van der Waals surface area contributed by atoms with Crippen molar-refractivity contribution in [2.45, 2.75) is 26.7 Å². The predicted molar refractivity (Wildman–Crippen MR) is 85.3 cm³/mol. The summed E-state index contributed by atoms with van der Waals surface area (Å²) in [6.45, 7) is 6.25. The van der Waals surface area contributed by atoms with Crippen LogP contribution < -0.4 is 0 Å². The molecule has 2 aromatic rings. The molecule has 1 aromatic carbocycles. The molecular formula is C15H16BrNO2S. The quantitative estimate of drug-likeness (QED) is 0.735. The molecule has 0 spiro atoms. The molecule has 5 heteroatoms. The fourth-order valence-corrected chi connectivity index (χ4v) is 3.17. The van der Waals surface area contributed by atoms with Crippen molar-refractivity contribution in [2.75, 3.05) is 6.61 Å². The number of esters is 1. The molecule has 0 amide bonds. The number of hydrogen-bond acceptors (Lipinski definition) is 4. The lowest BCUT2D eigenvalue weighted by molar-refractivity contribution is 0.0530. The Morgan fingerprint density at radius 1 is 1.35 bits per heavy atom. The first-order chi connectivity index (χ1) is 9.52. The number of hydrogen-bond donors (Lipinski definition) is 0. The molecule has 0 fully saturated rings. The zero-order valence-corrected chi connectivity index (χ0v) is 14.0. The van der Waals surface area contributed by atoms with Crippen LogP contribution in [0.2, 0.25) is 0 Å². The van der Waals surface area contributed by atoms with E-state index in [0.717, 1.165) is 20.7 Å². The van der Waals surface area contributed by atoms with Gasteiger partial charge in [-0.25, -0.2) is 9.78 Å². The fraction of sp³-hybridized carbons (Fsp3) is 0.333.